The van der Waals surface area contributed by atoms with Crippen molar-refractivity contribution < 1.29 is 14.3 Å². The largest absolute Gasteiger partial charge is 0.445 e. The van der Waals surface area contributed by atoms with E-state index in [0.717, 1.165) is 38.6 Å². The third-order valence-electron chi connectivity index (χ3n) is 9.85. The van der Waals surface area contributed by atoms with Crippen molar-refractivity contribution in [3.63, 3.8) is 0 Å². The van der Waals surface area contributed by atoms with Crippen LogP contribution in [0.4, 0.5) is 4.79 Å². The molecule has 0 spiro atoms. The van der Waals surface area contributed by atoms with Crippen LogP contribution in [0.15, 0.2) is 0 Å². The lowest BCUT2D eigenvalue weighted by Gasteiger charge is -2.62. The van der Waals surface area contributed by atoms with Crippen LogP contribution >= 0.6 is 0 Å². The van der Waals surface area contributed by atoms with Crippen molar-refractivity contribution >= 4 is 11.9 Å². The second-order valence-corrected chi connectivity index (χ2v) is 12.9. The first kappa shape index (κ1) is 24.0. The molecule has 4 fully saturated rings. The number of Topliss-reactive ketones (excluding diaryl/α,β-unsaturated/α-hetero) is 1. The predicted octanol–water partition coefficient (Wildman–Crippen LogP) is 5.56. The molecular formula is C27H46N2O3. The number of alkyl carbamates (subject to hydrolysis) is 1. The average molecular weight is 447 g/mol. The smallest absolute Gasteiger partial charge is 0.407 e. The predicted molar refractivity (Wildman–Crippen MR) is 127 cm³/mol. The summed E-state index contributed by atoms with van der Waals surface area (Å²) < 4.78 is 6.26. The zero-order chi connectivity index (χ0) is 23.5. The number of piperidine rings is 2. The van der Waals surface area contributed by atoms with Crippen LogP contribution in [0.25, 0.3) is 0 Å². The maximum atomic E-state index is 12.8. The molecule has 0 aromatic heterocycles. The van der Waals surface area contributed by atoms with Crippen molar-refractivity contribution in [2.75, 3.05) is 6.54 Å². The molecule has 0 bridgehead atoms. The van der Waals surface area contributed by atoms with Gasteiger partial charge in [0.1, 0.15) is 11.9 Å². The van der Waals surface area contributed by atoms with E-state index in [1.807, 2.05) is 20.8 Å². The van der Waals surface area contributed by atoms with E-state index in [-0.39, 0.29) is 34.7 Å². The van der Waals surface area contributed by atoms with Gasteiger partial charge in [0.2, 0.25) is 0 Å². The number of ketones is 1. The minimum Gasteiger partial charge on any atom is -0.445 e. The van der Waals surface area contributed by atoms with Crippen LogP contribution in [0.5, 0.6) is 0 Å². The number of fused-ring (bicyclic) bond motifs is 5. The summed E-state index contributed by atoms with van der Waals surface area (Å²) in [5.74, 6) is 2.81. The third-order valence-corrected chi connectivity index (χ3v) is 9.85. The van der Waals surface area contributed by atoms with E-state index in [1.165, 1.54) is 19.3 Å². The van der Waals surface area contributed by atoms with Gasteiger partial charge in [-0.05, 0) is 103 Å². The van der Waals surface area contributed by atoms with Crippen molar-refractivity contribution in [2.24, 2.45) is 29.1 Å². The molecule has 4 aliphatic rings. The molecule has 2 saturated carbocycles. The lowest BCUT2D eigenvalue weighted by atomic mass is 9.52. The second-order valence-electron chi connectivity index (χ2n) is 12.9. The van der Waals surface area contributed by atoms with Gasteiger partial charge >= 0.3 is 6.09 Å². The Labute approximate surface area is 195 Å². The van der Waals surface area contributed by atoms with Gasteiger partial charge in [-0.3, -0.25) is 9.69 Å². The minimum atomic E-state index is -0.287. The van der Waals surface area contributed by atoms with Crippen LogP contribution in [-0.2, 0) is 9.53 Å². The molecule has 1 amide bonds. The summed E-state index contributed by atoms with van der Waals surface area (Å²) in [6, 6.07) is 0.0663. The molecule has 8 atom stereocenters. The maximum absolute atomic E-state index is 12.8. The summed E-state index contributed by atoms with van der Waals surface area (Å²) in [5, 5.41) is 3.03. The van der Waals surface area contributed by atoms with Gasteiger partial charge < -0.3 is 10.1 Å². The highest BCUT2D eigenvalue weighted by Crippen LogP contribution is 2.64. The molecule has 5 heteroatoms. The Morgan fingerprint density at radius 3 is 2.56 bits per heavy atom. The molecule has 182 valence electrons. The Kier molecular flexibility index (Phi) is 6.22. The first-order valence-corrected chi connectivity index (χ1v) is 13.2. The maximum Gasteiger partial charge on any atom is 0.407 e. The molecule has 2 saturated heterocycles. The second kappa shape index (κ2) is 8.29. The monoisotopic (exact) mass is 446 g/mol. The number of nitrogens with one attached hydrogen (secondary N) is 1. The Bertz CT molecular complexity index is 746. The van der Waals surface area contributed by atoms with E-state index in [2.05, 4.69) is 37.9 Å². The van der Waals surface area contributed by atoms with Crippen LogP contribution in [0.3, 0.4) is 0 Å². The zero-order valence-electron chi connectivity index (χ0n) is 21.5. The van der Waals surface area contributed by atoms with E-state index in [4.69, 9.17) is 4.74 Å². The molecule has 2 aliphatic heterocycles. The van der Waals surface area contributed by atoms with E-state index >= 15 is 0 Å². The number of hydrogen-bond donors (Lipinski definition) is 1. The van der Waals surface area contributed by atoms with Crippen LogP contribution < -0.4 is 5.32 Å². The van der Waals surface area contributed by atoms with Crippen molar-refractivity contribution in [1.29, 1.82) is 0 Å². The number of rotatable bonds is 3. The summed E-state index contributed by atoms with van der Waals surface area (Å²) in [6.45, 7) is 16.3. The molecule has 2 heterocycles. The number of amides is 1. The van der Waals surface area contributed by atoms with Crippen molar-refractivity contribution in [1.82, 2.24) is 10.2 Å². The van der Waals surface area contributed by atoms with Gasteiger partial charge in [-0.25, -0.2) is 4.79 Å². The highest BCUT2D eigenvalue weighted by atomic mass is 16.6. The standard InChI is InChI=1S/C27H46N2O3/c1-8-9-18-16-21-19-12-15-29-17(2)22(30)11-14-27(29,7)20(19)10-13-26(21,6)23(18)32-24(31)28-25(3,4)5/h17-21,23H,8-16H2,1-7H3,(H,28,31)/t17?,18?,19-,20-,21+,23?,26+,27-/m1/s1. The van der Waals surface area contributed by atoms with Gasteiger partial charge in [0.25, 0.3) is 0 Å². The molecule has 2 aliphatic carbocycles. The molecule has 3 unspecified atom stereocenters. The number of carbonyl (C=O) groups excluding carboxylic acids is 2. The first-order chi connectivity index (χ1) is 14.9. The molecule has 0 aromatic carbocycles. The molecule has 0 aromatic rings. The van der Waals surface area contributed by atoms with Crippen molar-refractivity contribution in [3.05, 3.63) is 0 Å². The minimum absolute atomic E-state index is 0.00782. The number of carbonyl (C=O) groups is 2. The van der Waals surface area contributed by atoms with E-state index in [9.17, 15) is 9.59 Å². The van der Waals surface area contributed by atoms with E-state index in [0.29, 0.717) is 29.5 Å². The van der Waals surface area contributed by atoms with E-state index < -0.39 is 0 Å². The fourth-order valence-electron chi connectivity index (χ4n) is 8.40. The Morgan fingerprint density at radius 2 is 1.91 bits per heavy atom. The summed E-state index contributed by atoms with van der Waals surface area (Å²) in [6.07, 6.45) is 8.43. The van der Waals surface area contributed by atoms with Crippen LogP contribution in [0.1, 0.15) is 99.8 Å². The average Bonchev–Trinajstić information content (AvgIpc) is 2.96. The lowest BCUT2D eigenvalue weighted by molar-refractivity contribution is -0.156. The summed E-state index contributed by atoms with van der Waals surface area (Å²) in [7, 11) is 0. The number of hydrogen-bond acceptors (Lipinski definition) is 4. The molecule has 32 heavy (non-hydrogen) atoms. The van der Waals surface area contributed by atoms with Gasteiger partial charge in [0.15, 0.2) is 0 Å². The molecule has 0 radical (unpaired) electrons. The van der Waals surface area contributed by atoms with Crippen LogP contribution in [0.2, 0.25) is 0 Å². The number of nitrogens with zero attached hydrogens (tertiary/aromatic N) is 1. The Hall–Kier alpha value is -1.10. The fourth-order valence-corrected chi connectivity index (χ4v) is 8.40. The topological polar surface area (TPSA) is 58.6 Å². The van der Waals surface area contributed by atoms with Gasteiger partial charge in [-0.2, -0.15) is 0 Å². The fraction of sp³-hybridized carbons (Fsp3) is 0.926. The van der Waals surface area contributed by atoms with Crippen molar-refractivity contribution in [2.45, 2.75) is 123 Å². The number of ether oxygens (including phenoxy) is 1. The van der Waals surface area contributed by atoms with Gasteiger partial charge in [0.05, 0.1) is 6.04 Å². The van der Waals surface area contributed by atoms with Crippen molar-refractivity contribution in [3.8, 4) is 0 Å². The molecule has 5 nitrogen and oxygen atoms in total. The zero-order valence-corrected chi connectivity index (χ0v) is 21.5. The highest BCUT2D eigenvalue weighted by Gasteiger charge is 2.63. The van der Waals surface area contributed by atoms with Gasteiger partial charge in [0, 0.05) is 22.9 Å². The van der Waals surface area contributed by atoms with Crippen LogP contribution in [-0.4, -0.2) is 46.5 Å². The summed E-state index contributed by atoms with van der Waals surface area (Å²) in [4.78, 5) is 27.8. The molecule has 4 rings (SSSR count). The first-order valence-electron chi connectivity index (χ1n) is 13.2. The quantitative estimate of drug-likeness (QED) is 0.616. The summed E-state index contributed by atoms with van der Waals surface area (Å²) >= 11 is 0. The van der Waals surface area contributed by atoms with Gasteiger partial charge in [-0.15, -0.1) is 0 Å². The van der Waals surface area contributed by atoms with Gasteiger partial charge in [-0.1, -0.05) is 20.3 Å². The Morgan fingerprint density at radius 1 is 1.19 bits per heavy atom. The molecular weight excluding hydrogens is 400 g/mol. The highest BCUT2D eigenvalue weighted by molar-refractivity contribution is 5.84. The van der Waals surface area contributed by atoms with Crippen LogP contribution in [0, 0.1) is 29.1 Å². The van der Waals surface area contributed by atoms with E-state index in [1.54, 1.807) is 0 Å². The summed E-state index contributed by atoms with van der Waals surface area (Å²) in [5.41, 5.74) is -0.0876. The third kappa shape index (κ3) is 3.91. The normalized spacial score (nSPS) is 44.4. The lowest BCUT2D eigenvalue weighted by Crippen LogP contribution is -2.67. The molecule has 1 N–H and O–H groups in total. The Balaban J connectivity index is 1.58. The SMILES string of the molecule is CCCC1C[C@H]2[C@@H]3CCN4C(C)C(=O)CC[C@]4(C)[C@@H]3CC[C@]2(C)C1OC(=O)NC(C)(C)C.